The standard InChI is InChI=1S/C18H19FN4O2S2/c19-13-3-1-12(2-4-13)15-11-14-16(27-15)17(24)23(20)18(21-14)26-10-7-22-5-8-25-9-6-22/h1-4,11H,5-10,20H2. The molecular formula is C18H19FN4O2S2. The lowest BCUT2D eigenvalue weighted by Crippen LogP contribution is -2.37. The van der Waals surface area contributed by atoms with Gasteiger partial charge in [-0.05, 0) is 23.8 Å². The van der Waals surface area contributed by atoms with Crippen LogP contribution in [0, 0.1) is 5.82 Å². The van der Waals surface area contributed by atoms with Gasteiger partial charge >= 0.3 is 0 Å². The number of hydrogen-bond acceptors (Lipinski definition) is 7. The van der Waals surface area contributed by atoms with Crippen molar-refractivity contribution in [3.05, 3.63) is 46.5 Å². The molecule has 0 radical (unpaired) electrons. The maximum absolute atomic E-state index is 13.1. The van der Waals surface area contributed by atoms with Gasteiger partial charge in [-0.15, -0.1) is 11.3 Å². The Bertz CT molecular complexity index is 997. The summed E-state index contributed by atoms with van der Waals surface area (Å²) in [5, 5.41) is 0.504. The van der Waals surface area contributed by atoms with Crippen LogP contribution in [0.5, 0.6) is 0 Å². The molecule has 1 aliphatic heterocycles. The molecule has 142 valence electrons. The zero-order chi connectivity index (χ0) is 18.8. The summed E-state index contributed by atoms with van der Waals surface area (Å²) >= 11 is 2.80. The van der Waals surface area contributed by atoms with Crippen molar-refractivity contribution >= 4 is 33.3 Å². The fourth-order valence-corrected chi connectivity index (χ4v) is 4.88. The number of thiophene rings is 1. The number of hydrogen-bond donors (Lipinski definition) is 1. The van der Waals surface area contributed by atoms with Crippen LogP contribution < -0.4 is 11.4 Å². The molecule has 0 aliphatic carbocycles. The topological polar surface area (TPSA) is 73.4 Å². The first-order valence-electron chi connectivity index (χ1n) is 8.62. The van der Waals surface area contributed by atoms with Crippen LogP contribution in [0.2, 0.25) is 0 Å². The van der Waals surface area contributed by atoms with Crippen LogP contribution in [0.25, 0.3) is 20.7 Å². The number of ether oxygens (including phenoxy) is 1. The van der Waals surface area contributed by atoms with E-state index < -0.39 is 0 Å². The highest BCUT2D eigenvalue weighted by molar-refractivity contribution is 7.99. The highest BCUT2D eigenvalue weighted by Gasteiger charge is 2.15. The summed E-state index contributed by atoms with van der Waals surface area (Å²) in [5.41, 5.74) is 1.22. The van der Waals surface area contributed by atoms with Crippen LogP contribution in [0.3, 0.4) is 0 Å². The molecule has 0 unspecified atom stereocenters. The zero-order valence-corrected chi connectivity index (χ0v) is 16.2. The van der Waals surface area contributed by atoms with Gasteiger partial charge in [0.15, 0.2) is 5.16 Å². The molecule has 0 amide bonds. The summed E-state index contributed by atoms with van der Waals surface area (Å²) < 4.78 is 20.1. The molecule has 1 aromatic carbocycles. The monoisotopic (exact) mass is 406 g/mol. The third kappa shape index (κ3) is 4.01. The molecule has 9 heteroatoms. The van der Waals surface area contributed by atoms with Crippen LogP contribution in [0.15, 0.2) is 40.3 Å². The van der Waals surface area contributed by atoms with Crippen molar-refractivity contribution in [2.75, 3.05) is 44.4 Å². The van der Waals surface area contributed by atoms with E-state index in [1.165, 1.54) is 35.2 Å². The van der Waals surface area contributed by atoms with Crippen molar-refractivity contribution in [2.24, 2.45) is 0 Å². The summed E-state index contributed by atoms with van der Waals surface area (Å²) in [6, 6.07) is 8.06. The third-order valence-corrected chi connectivity index (χ3v) is 6.51. The molecule has 1 saturated heterocycles. The molecule has 1 fully saturated rings. The quantitative estimate of drug-likeness (QED) is 0.399. The average molecular weight is 407 g/mol. The number of benzene rings is 1. The Balaban J connectivity index is 1.56. The molecule has 0 spiro atoms. The zero-order valence-electron chi connectivity index (χ0n) is 14.6. The number of fused-ring (bicyclic) bond motifs is 1. The largest absolute Gasteiger partial charge is 0.379 e. The van der Waals surface area contributed by atoms with Gasteiger partial charge in [-0.3, -0.25) is 9.69 Å². The first kappa shape index (κ1) is 18.4. The maximum atomic E-state index is 13.1. The fourth-order valence-electron chi connectivity index (χ4n) is 2.92. The van der Waals surface area contributed by atoms with Gasteiger partial charge in [-0.2, -0.15) is 0 Å². The van der Waals surface area contributed by atoms with E-state index in [1.807, 2.05) is 6.07 Å². The lowest BCUT2D eigenvalue weighted by Gasteiger charge is -2.26. The Kier molecular flexibility index (Phi) is 5.44. The molecule has 0 bridgehead atoms. The van der Waals surface area contributed by atoms with Gasteiger partial charge in [-0.1, -0.05) is 23.9 Å². The Morgan fingerprint density at radius 2 is 2.00 bits per heavy atom. The number of nitrogen functional groups attached to an aromatic ring is 1. The van der Waals surface area contributed by atoms with E-state index in [0.717, 1.165) is 53.7 Å². The van der Waals surface area contributed by atoms with Gasteiger partial charge in [-0.25, -0.2) is 14.1 Å². The molecule has 4 rings (SSSR count). The van der Waals surface area contributed by atoms with Crippen LogP contribution >= 0.6 is 23.1 Å². The maximum Gasteiger partial charge on any atom is 0.290 e. The van der Waals surface area contributed by atoms with E-state index in [2.05, 4.69) is 9.88 Å². The van der Waals surface area contributed by atoms with Crippen molar-refractivity contribution in [1.82, 2.24) is 14.6 Å². The van der Waals surface area contributed by atoms with Gasteiger partial charge in [0.05, 0.1) is 18.7 Å². The number of aromatic nitrogens is 2. The van der Waals surface area contributed by atoms with Crippen molar-refractivity contribution in [3.8, 4) is 10.4 Å². The van der Waals surface area contributed by atoms with Gasteiger partial charge in [0.2, 0.25) is 0 Å². The first-order valence-corrected chi connectivity index (χ1v) is 10.4. The number of rotatable bonds is 5. The summed E-state index contributed by atoms with van der Waals surface area (Å²) in [6.07, 6.45) is 0. The highest BCUT2D eigenvalue weighted by atomic mass is 32.2. The Morgan fingerprint density at radius 3 is 2.74 bits per heavy atom. The molecule has 0 saturated carbocycles. The second-order valence-electron chi connectivity index (χ2n) is 6.20. The summed E-state index contributed by atoms with van der Waals surface area (Å²) in [4.78, 5) is 20.4. The minimum Gasteiger partial charge on any atom is -0.379 e. The van der Waals surface area contributed by atoms with E-state index in [4.69, 9.17) is 10.6 Å². The predicted octanol–water partition coefficient (Wildman–Crippen LogP) is 2.40. The van der Waals surface area contributed by atoms with Gasteiger partial charge in [0, 0.05) is 30.3 Å². The molecule has 1 aliphatic rings. The van der Waals surface area contributed by atoms with Crippen molar-refractivity contribution in [2.45, 2.75) is 5.16 Å². The van der Waals surface area contributed by atoms with Gasteiger partial charge < -0.3 is 10.6 Å². The molecule has 6 nitrogen and oxygen atoms in total. The molecule has 2 aromatic heterocycles. The summed E-state index contributed by atoms with van der Waals surface area (Å²) in [6.45, 7) is 4.27. The Labute approximate surface area is 163 Å². The number of nitrogens with two attached hydrogens (primary N) is 1. The minimum absolute atomic E-state index is 0.257. The third-order valence-electron chi connectivity index (χ3n) is 4.42. The van der Waals surface area contributed by atoms with Gasteiger partial charge in [0.25, 0.3) is 5.56 Å². The first-order chi connectivity index (χ1) is 13.1. The van der Waals surface area contributed by atoms with Gasteiger partial charge in [0.1, 0.15) is 10.5 Å². The van der Waals surface area contributed by atoms with Crippen molar-refractivity contribution in [3.63, 3.8) is 0 Å². The number of halogens is 1. The molecule has 3 aromatic rings. The lowest BCUT2D eigenvalue weighted by molar-refractivity contribution is 0.0410. The molecule has 3 heterocycles. The van der Waals surface area contributed by atoms with Crippen LogP contribution in [-0.2, 0) is 4.74 Å². The summed E-state index contributed by atoms with van der Waals surface area (Å²) in [7, 11) is 0. The molecular weight excluding hydrogens is 387 g/mol. The average Bonchev–Trinajstić information content (AvgIpc) is 3.11. The Morgan fingerprint density at radius 1 is 1.26 bits per heavy atom. The number of thioether (sulfide) groups is 1. The molecule has 0 atom stereocenters. The predicted molar refractivity (Wildman–Crippen MR) is 107 cm³/mol. The van der Waals surface area contributed by atoms with E-state index >= 15 is 0 Å². The second-order valence-corrected chi connectivity index (χ2v) is 8.32. The Hall–Kier alpha value is -1.94. The SMILES string of the molecule is Nn1c(SCCN2CCOCC2)nc2cc(-c3ccc(F)cc3)sc2c1=O. The van der Waals surface area contributed by atoms with Crippen LogP contribution in [-0.4, -0.2) is 53.2 Å². The van der Waals surface area contributed by atoms with Crippen molar-refractivity contribution < 1.29 is 9.13 Å². The normalized spacial score (nSPS) is 15.4. The van der Waals surface area contributed by atoms with E-state index in [0.29, 0.717) is 15.4 Å². The number of nitrogens with zero attached hydrogens (tertiary/aromatic N) is 3. The lowest BCUT2D eigenvalue weighted by atomic mass is 10.2. The number of morpholine rings is 1. The molecule has 27 heavy (non-hydrogen) atoms. The van der Waals surface area contributed by atoms with Crippen LogP contribution in [0.1, 0.15) is 0 Å². The van der Waals surface area contributed by atoms with E-state index in [1.54, 1.807) is 12.1 Å². The van der Waals surface area contributed by atoms with Crippen LogP contribution in [0.4, 0.5) is 4.39 Å². The second kappa shape index (κ2) is 7.97. The van der Waals surface area contributed by atoms with E-state index in [-0.39, 0.29) is 11.4 Å². The smallest absolute Gasteiger partial charge is 0.290 e. The molecule has 2 N–H and O–H groups in total. The fraction of sp³-hybridized carbons (Fsp3) is 0.333. The van der Waals surface area contributed by atoms with Crippen molar-refractivity contribution in [1.29, 1.82) is 0 Å². The minimum atomic E-state index is -0.291. The highest BCUT2D eigenvalue weighted by Crippen LogP contribution is 2.31. The van der Waals surface area contributed by atoms with E-state index in [9.17, 15) is 9.18 Å². The summed E-state index contributed by atoms with van der Waals surface area (Å²) in [5.74, 6) is 6.49.